The van der Waals surface area contributed by atoms with E-state index in [-0.39, 0.29) is 5.91 Å². The summed E-state index contributed by atoms with van der Waals surface area (Å²) in [5, 5.41) is 22.8. The van der Waals surface area contributed by atoms with Gasteiger partial charge >= 0.3 is 0 Å². The van der Waals surface area contributed by atoms with E-state index in [9.17, 15) is 10.1 Å². The molecule has 4 rings (SSSR count). The number of aryl methyl sites for hydroxylation is 3. The van der Waals surface area contributed by atoms with Gasteiger partial charge in [-0.1, -0.05) is 48.2 Å². The molecule has 6 nitrogen and oxygen atoms in total. The molecule has 0 saturated carbocycles. The van der Waals surface area contributed by atoms with Gasteiger partial charge in [-0.2, -0.15) is 5.26 Å². The summed E-state index contributed by atoms with van der Waals surface area (Å²) in [7, 11) is 0. The molecule has 170 valence electrons. The first-order valence-electron chi connectivity index (χ1n) is 11.2. The number of hydrogen-bond acceptors (Lipinski definition) is 6. The second-order valence-electron chi connectivity index (χ2n) is 7.96. The molecule has 0 unspecified atom stereocenters. The van der Waals surface area contributed by atoms with Gasteiger partial charge in [-0.15, -0.1) is 28.1 Å². The van der Waals surface area contributed by atoms with E-state index in [0.717, 1.165) is 55.1 Å². The highest BCUT2D eigenvalue weighted by molar-refractivity contribution is 7.99. The van der Waals surface area contributed by atoms with Crippen LogP contribution < -0.4 is 5.32 Å². The number of aromatic nitrogens is 3. The molecule has 8 heteroatoms. The minimum Gasteiger partial charge on any atom is -0.317 e. The molecule has 0 saturated heterocycles. The van der Waals surface area contributed by atoms with Crippen LogP contribution in [0.3, 0.4) is 0 Å². The normalized spacial score (nSPS) is 12.7. The van der Waals surface area contributed by atoms with Crippen LogP contribution in [0.4, 0.5) is 5.00 Å². The Hall–Kier alpha value is -2.89. The van der Waals surface area contributed by atoms with Crippen LogP contribution in [0.15, 0.2) is 48.1 Å². The van der Waals surface area contributed by atoms with Crippen molar-refractivity contribution >= 4 is 34.0 Å². The Balaban J connectivity index is 1.33. The lowest BCUT2D eigenvalue weighted by Crippen LogP contribution is -2.12. The number of thioether (sulfide) groups is 1. The average molecular weight is 478 g/mol. The minimum absolute atomic E-state index is 0.0725. The number of hydrogen-bond donors (Lipinski definition) is 1. The standard InChI is InChI=1S/C25H27N5OS2/c1-2-15-30-22(13-12-18-8-4-3-5-9-18)28-29-25(30)32-16-14-23(31)27-24-20(17-26)19-10-6-7-11-21(19)33-24/h2-5,8-9H,1,6-7,10-16H2,(H,27,31). The van der Waals surface area contributed by atoms with E-state index in [1.54, 1.807) is 11.3 Å². The third-order valence-electron chi connectivity index (χ3n) is 5.68. The van der Waals surface area contributed by atoms with Gasteiger partial charge in [0.25, 0.3) is 0 Å². The number of benzene rings is 1. The highest BCUT2D eigenvalue weighted by Crippen LogP contribution is 2.37. The van der Waals surface area contributed by atoms with Gasteiger partial charge in [0.1, 0.15) is 16.9 Å². The zero-order valence-electron chi connectivity index (χ0n) is 18.5. The molecule has 0 aliphatic heterocycles. The lowest BCUT2D eigenvalue weighted by Gasteiger charge is -2.09. The fourth-order valence-electron chi connectivity index (χ4n) is 4.02. The van der Waals surface area contributed by atoms with Crippen molar-refractivity contribution in [3.8, 4) is 6.07 Å². The summed E-state index contributed by atoms with van der Waals surface area (Å²) >= 11 is 3.09. The third-order valence-corrected chi connectivity index (χ3v) is 7.86. The largest absolute Gasteiger partial charge is 0.317 e. The lowest BCUT2D eigenvalue weighted by atomic mass is 9.96. The van der Waals surface area contributed by atoms with Gasteiger partial charge < -0.3 is 9.88 Å². The number of nitriles is 1. The molecule has 1 aliphatic rings. The second kappa shape index (κ2) is 11.3. The van der Waals surface area contributed by atoms with Crippen molar-refractivity contribution in [1.82, 2.24) is 14.8 Å². The van der Waals surface area contributed by atoms with Gasteiger partial charge in [0.2, 0.25) is 5.91 Å². The molecule has 1 aliphatic carbocycles. The Kier molecular flexibility index (Phi) is 7.97. The number of fused-ring (bicyclic) bond motifs is 1. The molecule has 0 fully saturated rings. The number of nitrogens with one attached hydrogen (secondary N) is 1. The second-order valence-corrected chi connectivity index (χ2v) is 10.1. The van der Waals surface area contributed by atoms with Crippen molar-refractivity contribution in [2.45, 2.75) is 56.6 Å². The van der Waals surface area contributed by atoms with E-state index in [2.05, 4.69) is 44.9 Å². The van der Waals surface area contributed by atoms with Crippen LogP contribution >= 0.6 is 23.1 Å². The molecule has 33 heavy (non-hydrogen) atoms. The minimum atomic E-state index is -0.0725. The molecule has 1 N–H and O–H groups in total. The molecule has 1 aromatic carbocycles. The Morgan fingerprint density at radius 3 is 2.85 bits per heavy atom. The SMILES string of the molecule is C=CCn1c(CCc2ccccc2)nnc1SCCC(=O)Nc1sc2c(c1C#N)CCCC2. The van der Waals surface area contributed by atoms with Crippen molar-refractivity contribution in [2.75, 3.05) is 11.1 Å². The maximum Gasteiger partial charge on any atom is 0.225 e. The summed E-state index contributed by atoms with van der Waals surface area (Å²) in [6, 6.07) is 12.6. The Bertz CT molecular complexity index is 1160. The fraction of sp³-hybridized carbons (Fsp3) is 0.360. The van der Waals surface area contributed by atoms with Crippen molar-refractivity contribution in [2.24, 2.45) is 0 Å². The van der Waals surface area contributed by atoms with Gasteiger partial charge in [-0.05, 0) is 43.2 Å². The van der Waals surface area contributed by atoms with Gasteiger partial charge in [0, 0.05) is 30.0 Å². The van der Waals surface area contributed by atoms with Crippen molar-refractivity contribution in [3.05, 3.63) is 70.4 Å². The predicted octanol–water partition coefficient (Wildman–Crippen LogP) is 5.18. The highest BCUT2D eigenvalue weighted by atomic mass is 32.2. The smallest absolute Gasteiger partial charge is 0.225 e. The van der Waals surface area contributed by atoms with E-state index in [4.69, 9.17) is 0 Å². The van der Waals surface area contributed by atoms with Crippen molar-refractivity contribution in [3.63, 3.8) is 0 Å². The number of carbonyl (C=O) groups excluding carboxylic acids is 1. The first-order valence-corrected chi connectivity index (χ1v) is 13.0. The molecule has 1 amide bonds. The monoisotopic (exact) mass is 477 g/mol. The van der Waals surface area contributed by atoms with E-state index in [1.807, 2.05) is 24.3 Å². The highest BCUT2D eigenvalue weighted by Gasteiger charge is 2.22. The molecular formula is C25H27N5OS2. The van der Waals surface area contributed by atoms with Crippen LogP contribution in [0.1, 0.15) is 46.7 Å². The molecule has 2 aromatic heterocycles. The topological polar surface area (TPSA) is 83.6 Å². The van der Waals surface area contributed by atoms with Crippen molar-refractivity contribution in [1.29, 1.82) is 5.26 Å². The number of amides is 1. The Morgan fingerprint density at radius 1 is 1.24 bits per heavy atom. The number of carbonyl (C=O) groups is 1. The Morgan fingerprint density at radius 2 is 2.06 bits per heavy atom. The van der Waals surface area contributed by atoms with Gasteiger partial charge in [0.05, 0.1) is 5.56 Å². The zero-order valence-corrected chi connectivity index (χ0v) is 20.2. The van der Waals surface area contributed by atoms with E-state index in [0.29, 0.717) is 29.3 Å². The number of allylic oxidation sites excluding steroid dienone is 1. The van der Waals surface area contributed by atoms with Gasteiger partial charge in [-0.25, -0.2) is 0 Å². The van der Waals surface area contributed by atoms with Crippen LogP contribution in [0.2, 0.25) is 0 Å². The average Bonchev–Trinajstić information content (AvgIpc) is 3.38. The van der Waals surface area contributed by atoms with E-state index >= 15 is 0 Å². The molecule has 0 atom stereocenters. The molecule has 0 radical (unpaired) electrons. The van der Waals surface area contributed by atoms with Crippen LogP contribution in [0.5, 0.6) is 0 Å². The van der Waals surface area contributed by atoms with Crippen LogP contribution in [-0.2, 0) is 37.0 Å². The number of anilines is 1. The number of rotatable bonds is 10. The predicted molar refractivity (Wildman–Crippen MR) is 134 cm³/mol. The Labute approximate surface area is 202 Å². The first-order chi connectivity index (χ1) is 16.2. The molecule has 0 spiro atoms. The van der Waals surface area contributed by atoms with E-state index < -0.39 is 0 Å². The van der Waals surface area contributed by atoms with Crippen LogP contribution in [-0.4, -0.2) is 26.4 Å². The third kappa shape index (κ3) is 5.73. The van der Waals surface area contributed by atoms with Crippen LogP contribution in [0.25, 0.3) is 0 Å². The molecule has 0 bridgehead atoms. The summed E-state index contributed by atoms with van der Waals surface area (Å²) in [6.45, 7) is 4.50. The summed E-state index contributed by atoms with van der Waals surface area (Å²) in [4.78, 5) is 13.8. The summed E-state index contributed by atoms with van der Waals surface area (Å²) < 4.78 is 2.07. The zero-order chi connectivity index (χ0) is 23.0. The molecular weight excluding hydrogens is 450 g/mol. The molecule has 3 aromatic rings. The van der Waals surface area contributed by atoms with E-state index in [1.165, 1.54) is 22.2 Å². The summed E-state index contributed by atoms with van der Waals surface area (Å²) in [5.41, 5.74) is 3.06. The summed E-state index contributed by atoms with van der Waals surface area (Å²) in [5.74, 6) is 1.44. The van der Waals surface area contributed by atoms with Crippen molar-refractivity contribution < 1.29 is 4.79 Å². The fourth-order valence-corrected chi connectivity index (χ4v) is 6.18. The van der Waals surface area contributed by atoms with Gasteiger partial charge in [-0.3, -0.25) is 4.79 Å². The maximum absolute atomic E-state index is 12.6. The lowest BCUT2D eigenvalue weighted by molar-refractivity contribution is -0.115. The van der Waals surface area contributed by atoms with Gasteiger partial charge in [0.15, 0.2) is 5.16 Å². The maximum atomic E-state index is 12.6. The quantitative estimate of drug-likeness (QED) is 0.321. The molecule has 2 heterocycles. The number of thiophene rings is 1. The summed E-state index contributed by atoms with van der Waals surface area (Å²) in [6.07, 6.45) is 8.09. The van der Waals surface area contributed by atoms with Crippen LogP contribution in [0, 0.1) is 11.3 Å². The first kappa shape index (κ1) is 23.3. The number of nitrogens with zero attached hydrogens (tertiary/aromatic N) is 4.